The van der Waals surface area contributed by atoms with Gasteiger partial charge in [0.05, 0.1) is 17.7 Å². The molecular weight excluding hydrogens is 318 g/mol. The maximum Gasteiger partial charge on any atom is 0.404 e. The first-order valence-corrected chi connectivity index (χ1v) is 7.58. The first-order chi connectivity index (χ1) is 11.2. The lowest BCUT2D eigenvalue weighted by atomic mass is 9.82. The number of primary amides is 1. The predicted octanol–water partition coefficient (Wildman–Crippen LogP) is -1.36. The molecule has 1 aliphatic carbocycles. The summed E-state index contributed by atoms with van der Waals surface area (Å²) in [6, 6.07) is -0.207. The minimum atomic E-state index is -1.53. The number of hydrogen-bond donors (Lipinski definition) is 3. The Kier molecular flexibility index (Phi) is 2.76. The van der Waals surface area contributed by atoms with Gasteiger partial charge in [-0.3, -0.25) is 14.5 Å². The second kappa shape index (κ2) is 4.37. The van der Waals surface area contributed by atoms with Gasteiger partial charge in [0.15, 0.2) is 5.72 Å². The van der Waals surface area contributed by atoms with Crippen LogP contribution in [0.15, 0.2) is 22.6 Å². The van der Waals surface area contributed by atoms with E-state index in [0.29, 0.717) is 6.54 Å². The molecule has 9 nitrogen and oxygen atoms in total. The van der Waals surface area contributed by atoms with Crippen molar-refractivity contribution in [2.45, 2.75) is 24.7 Å². The minimum absolute atomic E-state index is 0.00870. The summed E-state index contributed by atoms with van der Waals surface area (Å²) >= 11 is 0. The molecule has 0 aromatic rings. The minimum Gasteiger partial charge on any atom is -0.505 e. The standard InChI is InChI=1S/C15H17N3O6/c1-5-10(19)9-8(12(21)11(5)20)6(4-24-14(16)22)15(23)13-7(17(13)2)3-18(9)15/h6-7,13,19,23H,3-4H2,1-2H3,(H2,16,22)/t6-,7-,13-,15+,17?/m0/s1. The predicted molar refractivity (Wildman–Crippen MR) is 78.4 cm³/mol. The van der Waals surface area contributed by atoms with Crippen molar-refractivity contribution in [2.75, 3.05) is 20.2 Å². The fourth-order valence-electron chi connectivity index (χ4n) is 4.37. The molecule has 4 aliphatic rings. The molecule has 3 aliphatic heterocycles. The van der Waals surface area contributed by atoms with Crippen LogP contribution in [0, 0.1) is 5.92 Å². The summed E-state index contributed by atoms with van der Waals surface area (Å²) < 4.78 is 4.83. The fourth-order valence-corrected chi connectivity index (χ4v) is 4.37. The first-order valence-electron chi connectivity index (χ1n) is 7.58. The van der Waals surface area contributed by atoms with E-state index in [2.05, 4.69) is 0 Å². The van der Waals surface area contributed by atoms with E-state index >= 15 is 0 Å². The van der Waals surface area contributed by atoms with Crippen LogP contribution in [-0.2, 0) is 14.3 Å². The number of Topliss-reactive ketones (excluding diaryl/α,β-unsaturated/α-hetero) is 2. The summed E-state index contributed by atoms with van der Waals surface area (Å²) in [6.45, 7) is 1.43. The van der Waals surface area contributed by atoms with Crippen molar-refractivity contribution in [2.24, 2.45) is 11.7 Å². The quantitative estimate of drug-likeness (QED) is 0.320. The Morgan fingerprint density at radius 3 is 2.71 bits per heavy atom. The zero-order valence-corrected chi connectivity index (χ0v) is 13.1. The maximum atomic E-state index is 12.5. The molecule has 0 aromatic heterocycles. The molecule has 3 heterocycles. The largest absolute Gasteiger partial charge is 0.505 e. The van der Waals surface area contributed by atoms with E-state index in [9.17, 15) is 24.6 Å². The number of ether oxygens (including phenoxy) is 1. The molecule has 0 spiro atoms. The van der Waals surface area contributed by atoms with E-state index < -0.39 is 29.3 Å². The Bertz CT molecular complexity index is 771. The molecule has 0 saturated carbocycles. The molecular formula is C15H17N3O6. The fraction of sp³-hybridized carbons (Fsp3) is 0.533. The van der Waals surface area contributed by atoms with Gasteiger partial charge in [-0.25, -0.2) is 4.79 Å². The average Bonchev–Trinajstić information content (AvgIpc) is 2.93. The van der Waals surface area contributed by atoms with Crippen molar-refractivity contribution in [3.8, 4) is 0 Å². The third kappa shape index (κ3) is 1.53. The van der Waals surface area contributed by atoms with Crippen molar-refractivity contribution in [1.82, 2.24) is 9.80 Å². The number of rotatable bonds is 2. The molecule has 5 atom stereocenters. The summed E-state index contributed by atoms with van der Waals surface area (Å²) in [6.07, 6.45) is -1.04. The number of ketones is 2. The highest BCUT2D eigenvalue weighted by Crippen LogP contribution is 2.58. The van der Waals surface area contributed by atoms with Crippen LogP contribution in [0.25, 0.3) is 0 Å². The van der Waals surface area contributed by atoms with Crippen molar-refractivity contribution < 1.29 is 29.3 Å². The van der Waals surface area contributed by atoms with Gasteiger partial charge < -0.3 is 25.6 Å². The maximum absolute atomic E-state index is 12.5. The van der Waals surface area contributed by atoms with Crippen molar-refractivity contribution in [1.29, 1.82) is 0 Å². The van der Waals surface area contributed by atoms with Gasteiger partial charge >= 0.3 is 6.09 Å². The summed E-state index contributed by atoms with van der Waals surface area (Å²) in [5.74, 6) is -2.87. The molecule has 4 N–H and O–H groups in total. The third-order valence-corrected chi connectivity index (χ3v) is 5.62. The SMILES string of the molecule is CC1=C(O)C2=C(C(=O)C1=O)[C@H](COC(N)=O)[C@@]1(O)[C@@H]3[C@H](CN21)N3C. The van der Waals surface area contributed by atoms with Gasteiger partial charge in [0, 0.05) is 23.7 Å². The Hall–Kier alpha value is -2.39. The summed E-state index contributed by atoms with van der Waals surface area (Å²) in [4.78, 5) is 39.1. The summed E-state index contributed by atoms with van der Waals surface area (Å²) in [5, 5.41) is 21.7. The second-order valence-electron chi connectivity index (χ2n) is 6.65. The Morgan fingerprint density at radius 2 is 2.08 bits per heavy atom. The number of nitrogens with zero attached hydrogens (tertiary/aromatic N) is 2. The van der Waals surface area contributed by atoms with Crippen molar-refractivity contribution >= 4 is 17.7 Å². The van der Waals surface area contributed by atoms with Crippen LogP contribution in [0.3, 0.4) is 0 Å². The van der Waals surface area contributed by atoms with E-state index in [0.717, 1.165) is 0 Å². The van der Waals surface area contributed by atoms with Gasteiger partial charge in [-0.15, -0.1) is 0 Å². The van der Waals surface area contributed by atoms with Crippen LogP contribution in [0.4, 0.5) is 4.79 Å². The first kappa shape index (κ1) is 15.2. The molecule has 1 amide bonds. The number of amides is 1. The molecule has 2 fully saturated rings. The van der Waals surface area contributed by atoms with E-state index in [1.54, 1.807) is 4.90 Å². The normalized spacial score (nSPS) is 39.9. The molecule has 1 unspecified atom stereocenters. The zero-order valence-electron chi connectivity index (χ0n) is 13.1. The number of aliphatic hydroxyl groups excluding tert-OH is 1. The van der Waals surface area contributed by atoms with Gasteiger partial charge in [0.1, 0.15) is 12.4 Å². The number of nitrogens with two attached hydrogens (primary N) is 1. The van der Waals surface area contributed by atoms with Crippen LogP contribution in [-0.4, -0.2) is 75.7 Å². The lowest BCUT2D eigenvalue weighted by Gasteiger charge is -2.37. The number of likely N-dealkylation sites (N-methyl/N-ethyl adjacent to an activating group) is 1. The topological polar surface area (TPSA) is 133 Å². The van der Waals surface area contributed by atoms with E-state index in [1.807, 2.05) is 11.9 Å². The number of carbonyl (C=O) groups excluding carboxylic acids is 3. The monoisotopic (exact) mass is 335 g/mol. The van der Waals surface area contributed by atoms with E-state index in [1.165, 1.54) is 6.92 Å². The molecule has 128 valence electrons. The Balaban J connectivity index is 1.85. The summed E-state index contributed by atoms with van der Waals surface area (Å²) in [5.41, 5.74) is 3.58. The number of piperazine rings is 1. The average molecular weight is 335 g/mol. The molecule has 9 heteroatoms. The van der Waals surface area contributed by atoms with Crippen LogP contribution in [0.5, 0.6) is 0 Å². The van der Waals surface area contributed by atoms with E-state index in [4.69, 9.17) is 10.5 Å². The number of carbonyl (C=O) groups is 3. The summed E-state index contributed by atoms with van der Waals surface area (Å²) in [7, 11) is 1.84. The molecule has 24 heavy (non-hydrogen) atoms. The van der Waals surface area contributed by atoms with E-state index in [-0.39, 0.29) is 41.3 Å². The molecule has 0 bridgehead atoms. The lowest BCUT2D eigenvalue weighted by Crippen LogP contribution is -2.53. The smallest absolute Gasteiger partial charge is 0.404 e. The highest BCUT2D eigenvalue weighted by atomic mass is 16.5. The van der Waals surface area contributed by atoms with Gasteiger partial charge in [-0.2, -0.15) is 0 Å². The number of fused-ring (bicyclic) bond motifs is 4. The number of allylic oxidation sites excluding steroid dienone is 1. The number of hydrogen-bond acceptors (Lipinski definition) is 8. The van der Waals surface area contributed by atoms with Gasteiger partial charge in [-0.05, 0) is 14.0 Å². The van der Waals surface area contributed by atoms with Crippen LogP contribution >= 0.6 is 0 Å². The molecule has 4 rings (SSSR count). The molecule has 0 radical (unpaired) electrons. The second-order valence-corrected chi connectivity index (χ2v) is 6.65. The van der Waals surface area contributed by atoms with Crippen LogP contribution in [0.1, 0.15) is 6.92 Å². The highest BCUT2D eigenvalue weighted by molar-refractivity contribution is 6.50. The molecule has 2 saturated heterocycles. The van der Waals surface area contributed by atoms with Gasteiger partial charge in [0.2, 0.25) is 11.6 Å². The Morgan fingerprint density at radius 1 is 1.42 bits per heavy atom. The number of aliphatic hydroxyl groups is 2. The van der Waals surface area contributed by atoms with Crippen LogP contribution in [0.2, 0.25) is 0 Å². The van der Waals surface area contributed by atoms with Gasteiger partial charge in [-0.1, -0.05) is 0 Å². The van der Waals surface area contributed by atoms with Gasteiger partial charge in [0.25, 0.3) is 0 Å². The molecule has 0 aromatic carbocycles. The zero-order chi connectivity index (χ0) is 17.5. The Labute approximate surface area is 136 Å². The van der Waals surface area contributed by atoms with Crippen LogP contribution < -0.4 is 5.73 Å². The highest BCUT2D eigenvalue weighted by Gasteiger charge is 2.74. The van der Waals surface area contributed by atoms with Crippen molar-refractivity contribution in [3.63, 3.8) is 0 Å². The lowest BCUT2D eigenvalue weighted by molar-refractivity contribution is -0.134. The van der Waals surface area contributed by atoms with Crippen molar-refractivity contribution in [3.05, 3.63) is 22.6 Å². The third-order valence-electron chi connectivity index (χ3n) is 5.62.